The first kappa shape index (κ1) is 14.2. The summed E-state index contributed by atoms with van der Waals surface area (Å²) in [5.74, 6) is 0.958. The Morgan fingerprint density at radius 1 is 1.10 bits per heavy atom. The van der Waals surface area contributed by atoms with E-state index >= 15 is 0 Å². The molecule has 0 aliphatic heterocycles. The molecule has 110 valence electrons. The van der Waals surface area contributed by atoms with Gasteiger partial charge in [0.15, 0.2) is 0 Å². The van der Waals surface area contributed by atoms with E-state index in [1.54, 1.807) is 0 Å². The molecule has 0 aromatic heterocycles. The van der Waals surface area contributed by atoms with Crippen LogP contribution >= 0.6 is 0 Å². The molecule has 0 fully saturated rings. The Morgan fingerprint density at radius 2 is 1.95 bits per heavy atom. The molecule has 1 unspecified atom stereocenters. The summed E-state index contributed by atoms with van der Waals surface area (Å²) in [6.07, 6.45) is 5.53. The summed E-state index contributed by atoms with van der Waals surface area (Å²) in [4.78, 5) is 0. The molecule has 0 saturated heterocycles. The summed E-state index contributed by atoms with van der Waals surface area (Å²) >= 11 is 0. The van der Waals surface area contributed by atoms with Gasteiger partial charge < -0.3 is 10.5 Å². The minimum absolute atomic E-state index is 0.182. The van der Waals surface area contributed by atoms with Crippen molar-refractivity contribution in [2.24, 2.45) is 5.73 Å². The quantitative estimate of drug-likeness (QED) is 0.840. The summed E-state index contributed by atoms with van der Waals surface area (Å²) in [6.45, 7) is 0.753. The van der Waals surface area contributed by atoms with Gasteiger partial charge in [-0.15, -0.1) is 0 Å². The molecule has 21 heavy (non-hydrogen) atoms. The molecule has 0 radical (unpaired) electrons. The van der Waals surface area contributed by atoms with E-state index in [0.29, 0.717) is 0 Å². The van der Waals surface area contributed by atoms with E-state index in [1.807, 2.05) is 0 Å². The van der Waals surface area contributed by atoms with Crippen LogP contribution in [0.15, 0.2) is 48.5 Å². The van der Waals surface area contributed by atoms with Gasteiger partial charge in [0.25, 0.3) is 0 Å². The number of aryl methyl sites for hydroxylation is 2. The largest absolute Gasteiger partial charge is 0.494 e. The number of fused-ring (bicyclic) bond motifs is 1. The molecule has 0 bridgehead atoms. The highest BCUT2D eigenvalue weighted by Crippen LogP contribution is 2.30. The van der Waals surface area contributed by atoms with Crippen molar-refractivity contribution in [2.75, 3.05) is 6.61 Å². The third-order valence-electron chi connectivity index (χ3n) is 4.20. The van der Waals surface area contributed by atoms with E-state index in [-0.39, 0.29) is 6.04 Å². The van der Waals surface area contributed by atoms with Gasteiger partial charge >= 0.3 is 0 Å². The highest BCUT2D eigenvalue weighted by atomic mass is 16.5. The van der Waals surface area contributed by atoms with E-state index in [0.717, 1.165) is 38.0 Å². The fourth-order valence-corrected chi connectivity index (χ4v) is 3.01. The molecule has 0 heterocycles. The normalized spacial score (nSPS) is 17.3. The Kier molecular flexibility index (Phi) is 4.56. The zero-order valence-electron chi connectivity index (χ0n) is 12.4. The van der Waals surface area contributed by atoms with Gasteiger partial charge in [0.2, 0.25) is 0 Å². The monoisotopic (exact) mass is 281 g/mol. The van der Waals surface area contributed by atoms with Crippen molar-refractivity contribution >= 4 is 0 Å². The molecule has 1 aliphatic rings. The maximum Gasteiger partial charge on any atom is 0.119 e. The maximum absolute atomic E-state index is 6.19. The molecule has 1 aliphatic carbocycles. The molecular formula is C19H23NO. The Morgan fingerprint density at radius 3 is 2.81 bits per heavy atom. The molecule has 3 rings (SSSR count). The van der Waals surface area contributed by atoms with E-state index in [4.69, 9.17) is 10.5 Å². The summed E-state index contributed by atoms with van der Waals surface area (Å²) in [6, 6.07) is 17.1. The second kappa shape index (κ2) is 6.77. The molecule has 2 heteroatoms. The Hall–Kier alpha value is -1.80. The summed E-state index contributed by atoms with van der Waals surface area (Å²) in [5.41, 5.74) is 10.2. The van der Waals surface area contributed by atoms with Crippen molar-refractivity contribution in [1.29, 1.82) is 0 Å². The number of benzene rings is 2. The first-order chi connectivity index (χ1) is 10.3. The van der Waals surface area contributed by atoms with Crippen LogP contribution in [0.4, 0.5) is 0 Å². The highest BCUT2D eigenvalue weighted by molar-refractivity contribution is 5.39. The Bertz CT molecular complexity index is 579. The summed E-state index contributed by atoms with van der Waals surface area (Å²) in [7, 11) is 0. The van der Waals surface area contributed by atoms with Gasteiger partial charge in [-0.05, 0) is 60.9 Å². The highest BCUT2D eigenvalue weighted by Gasteiger charge is 2.17. The predicted molar refractivity (Wildman–Crippen MR) is 86.6 cm³/mol. The Balaban J connectivity index is 1.53. The lowest BCUT2D eigenvalue weighted by Crippen LogP contribution is -2.17. The zero-order valence-corrected chi connectivity index (χ0v) is 12.4. The van der Waals surface area contributed by atoms with Crippen molar-refractivity contribution < 1.29 is 4.74 Å². The number of ether oxygens (including phenoxy) is 1. The first-order valence-electron chi connectivity index (χ1n) is 7.88. The molecule has 2 N–H and O–H groups in total. The van der Waals surface area contributed by atoms with Crippen LogP contribution in [-0.4, -0.2) is 6.61 Å². The summed E-state index contributed by atoms with van der Waals surface area (Å²) in [5, 5.41) is 0. The number of hydrogen-bond donors (Lipinski definition) is 1. The molecule has 2 nitrogen and oxygen atoms in total. The lowest BCUT2D eigenvalue weighted by atomic mass is 9.88. The van der Waals surface area contributed by atoms with Crippen molar-refractivity contribution in [3.63, 3.8) is 0 Å². The Labute approximate surface area is 126 Å². The van der Waals surface area contributed by atoms with E-state index < -0.39 is 0 Å². The maximum atomic E-state index is 6.19. The van der Waals surface area contributed by atoms with Gasteiger partial charge in [-0.25, -0.2) is 0 Å². The van der Waals surface area contributed by atoms with Crippen molar-refractivity contribution in [1.82, 2.24) is 0 Å². The standard InChI is InChI=1S/C19H23NO/c20-19-10-4-9-16-11-12-17(14-18(16)19)21-13-5-8-15-6-2-1-3-7-15/h1-3,6-7,11-12,14,19H,4-5,8-10,13,20H2. The lowest BCUT2D eigenvalue weighted by Gasteiger charge is -2.22. The van der Waals surface area contributed by atoms with E-state index in [2.05, 4.69) is 48.5 Å². The van der Waals surface area contributed by atoms with Crippen molar-refractivity contribution in [2.45, 2.75) is 38.1 Å². The van der Waals surface area contributed by atoms with Gasteiger partial charge in [0.1, 0.15) is 5.75 Å². The second-order valence-corrected chi connectivity index (χ2v) is 5.80. The minimum Gasteiger partial charge on any atom is -0.494 e. The molecule has 2 aromatic rings. The molecule has 2 aromatic carbocycles. The average molecular weight is 281 g/mol. The van der Waals surface area contributed by atoms with Gasteiger partial charge in [0.05, 0.1) is 6.61 Å². The molecule has 1 atom stereocenters. The van der Waals surface area contributed by atoms with Gasteiger partial charge in [-0.1, -0.05) is 36.4 Å². The summed E-state index contributed by atoms with van der Waals surface area (Å²) < 4.78 is 5.89. The number of rotatable bonds is 5. The van der Waals surface area contributed by atoms with Crippen LogP contribution in [0.3, 0.4) is 0 Å². The lowest BCUT2D eigenvalue weighted by molar-refractivity contribution is 0.310. The van der Waals surface area contributed by atoms with E-state index in [1.165, 1.54) is 23.1 Å². The third-order valence-corrected chi connectivity index (χ3v) is 4.20. The number of nitrogens with two attached hydrogens (primary N) is 1. The smallest absolute Gasteiger partial charge is 0.119 e. The first-order valence-corrected chi connectivity index (χ1v) is 7.88. The van der Waals surface area contributed by atoms with Crippen LogP contribution in [0.2, 0.25) is 0 Å². The van der Waals surface area contributed by atoms with Crippen LogP contribution in [-0.2, 0) is 12.8 Å². The van der Waals surface area contributed by atoms with Gasteiger partial charge in [-0.3, -0.25) is 0 Å². The average Bonchev–Trinajstić information content (AvgIpc) is 2.53. The van der Waals surface area contributed by atoms with E-state index in [9.17, 15) is 0 Å². The molecule has 0 amide bonds. The second-order valence-electron chi connectivity index (χ2n) is 5.80. The topological polar surface area (TPSA) is 35.2 Å². The fourth-order valence-electron chi connectivity index (χ4n) is 3.01. The molecule has 0 saturated carbocycles. The molecule has 0 spiro atoms. The molecular weight excluding hydrogens is 258 g/mol. The minimum atomic E-state index is 0.182. The van der Waals surface area contributed by atoms with Crippen LogP contribution in [0.1, 0.15) is 42.0 Å². The van der Waals surface area contributed by atoms with Crippen LogP contribution in [0.5, 0.6) is 5.75 Å². The zero-order chi connectivity index (χ0) is 14.5. The van der Waals surface area contributed by atoms with Crippen LogP contribution in [0, 0.1) is 0 Å². The van der Waals surface area contributed by atoms with Gasteiger partial charge in [-0.2, -0.15) is 0 Å². The fraction of sp³-hybridized carbons (Fsp3) is 0.368. The predicted octanol–water partition coefficient (Wildman–Crippen LogP) is 4.03. The SMILES string of the molecule is NC1CCCc2ccc(OCCCc3ccccc3)cc21. The van der Waals surface area contributed by atoms with Crippen molar-refractivity contribution in [3.05, 3.63) is 65.2 Å². The van der Waals surface area contributed by atoms with Crippen molar-refractivity contribution in [3.8, 4) is 5.75 Å². The third kappa shape index (κ3) is 3.64. The van der Waals surface area contributed by atoms with Gasteiger partial charge in [0, 0.05) is 6.04 Å². The number of hydrogen-bond acceptors (Lipinski definition) is 2. The van der Waals surface area contributed by atoms with Crippen LogP contribution in [0.25, 0.3) is 0 Å². The van der Waals surface area contributed by atoms with Crippen LogP contribution < -0.4 is 10.5 Å².